The lowest BCUT2D eigenvalue weighted by Crippen LogP contribution is -2.31. The number of hydrogen-bond donors (Lipinski definition) is 1. The molecule has 126 valence electrons. The van der Waals surface area contributed by atoms with E-state index in [4.69, 9.17) is 4.74 Å². The van der Waals surface area contributed by atoms with E-state index in [2.05, 4.69) is 9.62 Å². The number of likely N-dealkylation sites (tertiary alicyclic amines) is 1. The molecule has 5 nitrogen and oxygen atoms in total. The minimum atomic E-state index is -3.42. The Morgan fingerprint density at radius 1 is 1.39 bits per heavy atom. The first-order valence-corrected chi connectivity index (χ1v) is 10.1. The van der Waals surface area contributed by atoms with E-state index in [1.165, 1.54) is 11.3 Å². The third-order valence-corrected chi connectivity index (χ3v) is 7.22. The number of nitrogens with zero attached hydrogens (tertiary/aromatic N) is 1. The van der Waals surface area contributed by atoms with Crippen LogP contribution in [0.25, 0.3) is 10.1 Å². The first kappa shape index (κ1) is 16.9. The maximum Gasteiger partial charge on any atom is 0.250 e. The second kappa shape index (κ2) is 7.27. The van der Waals surface area contributed by atoms with Crippen LogP contribution in [-0.4, -0.2) is 53.2 Å². The van der Waals surface area contributed by atoms with Gasteiger partial charge in [0.15, 0.2) is 0 Å². The summed E-state index contributed by atoms with van der Waals surface area (Å²) < 4.78 is 34.2. The standard InChI is InChI=1S/C16H22N2O3S2/c1-21-9-8-18-7-6-13(12-18)11-17-23(19,20)16-10-14-4-2-3-5-15(14)22-16/h2-5,10,13,17H,6-9,11-12H2,1H3/t13-/m1/s1. The minimum absolute atomic E-state index is 0.371. The summed E-state index contributed by atoms with van der Waals surface area (Å²) in [6, 6.07) is 9.49. The summed E-state index contributed by atoms with van der Waals surface area (Å²) in [7, 11) is -1.72. The van der Waals surface area contributed by atoms with E-state index < -0.39 is 10.0 Å². The Balaban J connectivity index is 1.59. The molecule has 0 unspecified atom stereocenters. The first-order valence-electron chi connectivity index (χ1n) is 7.78. The largest absolute Gasteiger partial charge is 0.383 e. The van der Waals surface area contributed by atoms with Gasteiger partial charge in [-0.25, -0.2) is 13.1 Å². The predicted molar refractivity (Wildman–Crippen MR) is 93.4 cm³/mol. The Morgan fingerprint density at radius 2 is 2.22 bits per heavy atom. The fraction of sp³-hybridized carbons (Fsp3) is 0.500. The van der Waals surface area contributed by atoms with Crippen molar-refractivity contribution in [2.24, 2.45) is 5.92 Å². The number of fused-ring (bicyclic) bond motifs is 1. The monoisotopic (exact) mass is 354 g/mol. The number of hydrogen-bond acceptors (Lipinski definition) is 5. The van der Waals surface area contributed by atoms with Gasteiger partial charge in [-0.1, -0.05) is 18.2 Å². The Kier molecular flexibility index (Phi) is 5.33. The summed E-state index contributed by atoms with van der Waals surface area (Å²) in [4.78, 5) is 2.32. The fourth-order valence-corrected chi connectivity index (χ4v) is 5.45. The van der Waals surface area contributed by atoms with Crippen LogP contribution >= 0.6 is 11.3 Å². The third kappa shape index (κ3) is 4.10. The molecule has 2 aromatic rings. The fourth-order valence-electron chi connectivity index (χ4n) is 2.89. The van der Waals surface area contributed by atoms with Gasteiger partial charge >= 0.3 is 0 Å². The van der Waals surface area contributed by atoms with E-state index >= 15 is 0 Å². The summed E-state index contributed by atoms with van der Waals surface area (Å²) in [6.07, 6.45) is 1.03. The SMILES string of the molecule is COCCN1CC[C@H](CNS(=O)(=O)c2cc3ccccc3s2)C1. The molecule has 2 heterocycles. The van der Waals surface area contributed by atoms with Crippen molar-refractivity contribution < 1.29 is 13.2 Å². The highest BCUT2D eigenvalue weighted by atomic mass is 32.2. The molecule has 1 aromatic carbocycles. The highest BCUT2D eigenvalue weighted by molar-refractivity contribution is 7.91. The number of sulfonamides is 1. The molecule has 1 aliphatic heterocycles. The first-order chi connectivity index (χ1) is 11.1. The number of rotatable bonds is 7. The zero-order valence-electron chi connectivity index (χ0n) is 13.2. The van der Waals surface area contributed by atoms with Crippen LogP contribution in [0.2, 0.25) is 0 Å². The number of benzene rings is 1. The maximum atomic E-state index is 12.5. The summed E-state index contributed by atoms with van der Waals surface area (Å²) >= 11 is 1.32. The quantitative estimate of drug-likeness (QED) is 0.828. The van der Waals surface area contributed by atoms with Crippen LogP contribution in [0, 0.1) is 5.92 Å². The van der Waals surface area contributed by atoms with E-state index in [0.29, 0.717) is 16.7 Å². The van der Waals surface area contributed by atoms with Crippen molar-refractivity contribution in [1.29, 1.82) is 0 Å². The lowest BCUT2D eigenvalue weighted by Gasteiger charge is -2.15. The molecule has 0 amide bonds. The lowest BCUT2D eigenvalue weighted by atomic mass is 10.1. The smallest absolute Gasteiger partial charge is 0.250 e. The molecular formula is C16H22N2O3S2. The van der Waals surface area contributed by atoms with Gasteiger partial charge in [0, 0.05) is 31.4 Å². The summed E-state index contributed by atoms with van der Waals surface area (Å²) in [6.45, 7) is 4.08. The van der Waals surface area contributed by atoms with Crippen LogP contribution in [0.5, 0.6) is 0 Å². The molecule has 1 N–H and O–H groups in total. The molecular weight excluding hydrogens is 332 g/mol. The zero-order chi connectivity index (χ0) is 16.3. The highest BCUT2D eigenvalue weighted by Gasteiger charge is 2.25. The van der Waals surface area contributed by atoms with E-state index in [1.807, 2.05) is 24.3 Å². The summed E-state index contributed by atoms with van der Waals surface area (Å²) in [5, 5.41) is 0.976. The highest BCUT2D eigenvalue weighted by Crippen LogP contribution is 2.28. The van der Waals surface area contributed by atoms with E-state index in [1.54, 1.807) is 13.2 Å². The van der Waals surface area contributed by atoms with Crippen molar-refractivity contribution in [1.82, 2.24) is 9.62 Å². The molecule has 1 saturated heterocycles. The number of thiophene rings is 1. The molecule has 0 bridgehead atoms. The second-order valence-electron chi connectivity index (χ2n) is 5.90. The predicted octanol–water partition coefficient (Wildman–Crippen LogP) is 2.15. The average Bonchev–Trinajstić information content (AvgIpc) is 3.18. The number of methoxy groups -OCH3 is 1. The minimum Gasteiger partial charge on any atom is -0.383 e. The van der Waals surface area contributed by atoms with Crippen molar-refractivity contribution in [3.63, 3.8) is 0 Å². The summed E-state index contributed by atoms with van der Waals surface area (Å²) in [5.74, 6) is 0.371. The Morgan fingerprint density at radius 3 is 3.00 bits per heavy atom. The number of nitrogens with one attached hydrogen (secondary N) is 1. The van der Waals surface area contributed by atoms with Gasteiger partial charge in [0.05, 0.1) is 6.61 Å². The molecule has 0 aliphatic carbocycles. The Bertz CT molecular complexity index is 725. The molecule has 1 atom stereocenters. The second-order valence-corrected chi connectivity index (χ2v) is 8.98. The molecule has 1 aromatic heterocycles. The van der Waals surface area contributed by atoms with Crippen LogP contribution in [-0.2, 0) is 14.8 Å². The van der Waals surface area contributed by atoms with Crippen molar-refractivity contribution in [2.45, 2.75) is 10.6 Å². The van der Waals surface area contributed by atoms with E-state index in [0.717, 1.165) is 42.7 Å². The molecule has 1 aliphatic rings. The molecule has 1 fully saturated rings. The van der Waals surface area contributed by atoms with Gasteiger partial charge in [-0.2, -0.15) is 0 Å². The molecule has 3 rings (SSSR count). The van der Waals surface area contributed by atoms with Crippen LogP contribution in [0.4, 0.5) is 0 Å². The maximum absolute atomic E-state index is 12.5. The molecule has 23 heavy (non-hydrogen) atoms. The molecule has 0 saturated carbocycles. The van der Waals surface area contributed by atoms with Crippen molar-refractivity contribution >= 4 is 31.4 Å². The van der Waals surface area contributed by atoms with Crippen LogP contribution in [0.3, 0.4) is 0 Å². The van der Waals surface area contributed by atoms with Crippen molar-refractivity contribution in [3.8, 4) is 0 Å². The van der Waals surface area contributed by atoms with Gasteiger partial charge in [0.1, 0.15) is 4.21 Å². The van der Waals surface area contributed by atoms with Gasteiger partial charge in [0.25, 0.3) is 0 Å². The van der Waals surface area contributed by atoms with Crippen LogP contribution < -0.4 is 4.72 Å². The average molecular weight is 354 g/mol. The molecule has 0 spiro atoms. The van der Waals surface area contributed by atoms with Gasteiger partial charge in [-0.05, 0) is 36.4 Å². The van der Waals surface area contributed by atoms with Crippen molar-refractivity contribution in [3.05, 3.63) is 30.3 Å². The molecule has 7 heteroatoms. The Labute approximate surface area is 141 Å². The normalized spacial score (nSPS) is 19.6. The molecule has 0 radical (unpaired) electrons. The van der Waals surface area contributed by atoms with E-state index in [9.17, 15) is 8.42 Å². The Hall–Kier alpha value is -0.990. The van der Waals surface area contributed by atoms with Gasteiger partial charge < -0.3 is 9.64 Å². The zero-order valence-corrected chi connectivity index (χ0v) is 14.8. The van der Waals surface area contributed by atoms with Gasteiger partial charge in [-0.15, -0.1) is 11.3 Å². The topological polar surface area (TPSA) is 58.6 Å². The van der Waals surface area contributed by atoms with Gasteiger partial charge in [-0.3, -0.25) is 0 Å². The van der Waals surface area contributed by atoms with Crippen molar-refractivity contribution in [2.75, 3.05) is 39.9 Å². The van der Waals surface area contributed by atoms with Crippen LogP contribution in [0.15, 0.2) is 34.5 Å². The third-order valence-electron chi connectivity index (χ3n) is 4.21. The van der Waals surface area contributed by atoms with E-state index in [-0.39, 0.29) is 0 Å². The summed E-state index contributed by atoms with van der Waals surface area (Å²) in [5.41, 5.74) is 0. The van der Waals surface area contributed by atoms with Crippen LogP contribution in [0.1, 0.15) is 6.42 Å². The lowest BCUT2D eigenvalue weighted by molar-refractivity contribution is 0.159. The van der Waals surface area contributed by atoms with Gasteiger partial charge in [0.2, 0.25) is 10.0 Å². The number of ether oxygens (including phenoxy) is 1.